The minimum absolute atomic E-state index is 0.124. The number of nitrogen functional groups attached to an aromatic ring is 1. The molecular formula is C11H13BrN4O3. The third kappa shape index (κ3) is 2.00. The largest absolute Gasteiger partial charge is 0.394 e. The van der Waals surface area contributed by atoms with Gasteiger partial charge in [-0.05, 0) is 22.0 Å². The van der Waals surface area contributed by atoms with Crippen LogP contribution >= 0.6 is 15.9 Å². The van der Waals surface area contributed by atoms with Crippen molar-refractivity contribution < 1.29 is 14.9 Å². The van der Waals surface area contributed by atoms with Crippen LogP contribution in [0.4, 0.5) is 5.82 Å². The summed E-state index contributed by atoms with van der Waals surface area (Å²) in [6.45, 7) is -0.124. The molecule has 1 aliphatic heterocycles. The molecule has 3 rings (SSSR count). The number of rotatable bonds is 2. The van der Waals surface area contributed by atoms with E-state index >= 15 is 0 Å². The molecule has 3 atom stereocenters. The number of nitrogens with two attached hydrogens (primary N) is 1. The number of ether oxygens (including phenoxy) is 1. The number of nitrogens with zero attached hydrogens (tertiary/aromatic N) is 3. The highest BCUT2D eigenvalue weighted by molar-refractivity contribution is 9.10. The average molecular weight is 329 g/mol. The van der Waals surface area contributed by atoms with Crippen LogP contribution in [0.3, 0.4) is 0 Å². The molecule has 0 bridgehead atoms. The highest BCUT2D eigenvalue weighted by atomic mass is 79.9. The van der Waals surface area contributed by atoms with Crippen molar-refractivity contribution >= 4 is 32.8 Å². The number of aliphatic hydroxyl groups excluding tert-OH is 2. The molecule has 1 aliphatic rings. The van der Waals surface area contributed by atoms with Crippen molar-refractivity contribution in [1.82, 2.24) is 14.5 Å². The van der Waals surface area contributed by atoms with Gasteiger partial charge in [0, 0.05) is 6.42 Å². The molecule has 2 aromatic rings. The Labute approximate surface area is 117 Å². The topological polar surface area (TPSA) is 106 Å². The third-order valence-corrected chi connectivity index (χ3v) is 3.85. The Bertz CT molecular complexity index is 617. The van der Waals surface area contributed by atoms with Gasteiger partial charge >= 0.3 is 0 Å². The Morgan fingerprint density at radius 1 is 1.53 bits per heavy atom. The Balaban J connectivity index is 2.10. The van der Waals surface area contributed by atoms with E-state index in [9.17, 15) is 5.11 Å². The average Bonchev–Trinajstić information content (AvgIpc) is 2.90. The number of aliphatic hydroxyl groups is 2. The van der Waals surface area contributed by atoms with E-state index in [1.165, 1.54) is 6.33 Å². The molecule has 0 aliphatic carbocycles. The zero-order valence-corrected chi connectivity index (χ0v) is 11.5. The molecule has 3 heterocycles. The minimum atomic E-state index is -0.708. The van der Waals surface area contributed by atoms with Crippen LogP contribution in [-0.2, 0) is 4.74 Å². The maximum Gasteiger partial charge on any atom is 0.162 e. The second kappa shape index (κ2) is 4.71. The summed E-state index contributed by atoms with van der Waals surface area (Å²) >= 11 is 3.41. The van der Waals surface area contributed by atoms with Gasteiger partial charge in [0.2, 0.25) is 0 Å². The van der Waals surface area contributed by atoms with E-state index in [1.807, 2.05) is 0 Å². The maximum atomic E-state index is 10.1. The van der Waals surface area contributed by atoms with E-state index in [0.717, 1.165) is 0 Å². The molecule has 0 aromatic carbocycles. The van der Waals surface area contributed by atoms with Crippen molar-refractivity contribution in [2.75, 3.05) is 12.3 Å². The zero-order valence-electron chi connectivity index (χ0n) is 9.90. The Morgan fingerprint density at radius 3 is 3.00 bits per heavy atom. The van der Waals surface area contributed by atoms with Gasteiger partial charge < -0.3 is 20.7 Å². The Hall–Kier alpha value is -1.22. The van der Waals surface area contributed by atoms with E-state index in [2.05, 4.69) is 25.9 Å². The number of anilines is 1. The summed E-state index contributed by atoms with van der Waals surface area (Å²) in [4.78, 5) is 8.11. The molecule has 0 unspecified atom stereocenters. The van der Waals surface area contributed by atoms with Crippen LogP contribution in [0.25, 0.3) is 11.0 Å². The van der Waals surface area contributed by atoms with Crippen molar-refractivity contribution in [3.63, 3.8) is 0 Å². The Kier molecular flexibility index (Phi) is 3.17. The molecule has 7 nitrogen and oxygen atoms in total. The number of halogens is 1. The standard InChI is InChI=1S/C11H13BrN4O3/c12-8-2-6-9(13)14-4-15-10(6)16(8)11-7(18)1-5(3-17)19-11/h2,4-5,7,11,17-18H,1,3H2,(H2,13,14,15)/t5-,7-,11+/m0/s1. The predicted molar refractivity (Wildman–Crippen MR) is 71.3 cm³/mol. The number of aromatic nitrogens is 3. The SMILES string of the molecule is Nc1ncnc2c1cc(Br)n2[C@@H]1O[C@H](CO)C[C@@H]1O. The van der Waals surface area contributed by atoms with Gasteiger partial charge in [0.15, 0.2) is 6.23 Å². The van der Waals surface area contributed by atoms with Crippen LogP contribution in [0.1, 0.15) is 12.6 Å². The number of hydrogen-bond donors (Lipinski definition) is 3. The van der Waals surface area contributed by atoms with Gasteiger partial charge in [-0.25, -0.2) is 9.97 Å². The van der Waals surface area contributed by atoms with Gasteiger partial charge in [-0.15, -0.1) is 0 Å². The van der Waals surface area contributed by atoms with E-state index in [4.69, 9.17) is 15.6 Å². The predicted octanol–water partition coefficient (Wildman–Crippen LogP) is 0.417. The van der Waals surface area contributed by atoms with Crippen molar-refractivity contribution in [3.05, 3.63) is 17.0 Å². The molecule has 102 valence electrons. The quantitative estimate of drug-likeness (QED) is 0.737. The summed E-state index contributed by atoms with van der Waals surface area (Å²) in [7, 11) is 0. The first-order valence-electron chi connectivity index (χ1n) is 5.83. The Morgan fingerprint density at radius 2 is 2.32 bits per heavy atom. The van der Waals surface area contributed by atoms with Crippen LogP contribution in [0, 0.1) is 0 Å². The summed E-state index contributed by atoms with van der Waals surface area (Å²) in [6.07, 6.45) is 0.0707. The first-order chi connectivity index (χ1) is 9.11. The number of hydrogen-bond acceptors (Lipinski definition) is 6. The van der Waals surface area contributed by atoms with Crippen molar-refractivity contribution in [2.45, 2.75) is 24.9 Å². The van der Waals surface area contributed by atoms with Crippen LogP contribution < -0.4 is 5.73 Å². The summed E-state index contributed by atoms with van der Waals surface area (Å²) in [5, 5.41) is 19.9. The first-order valence-corrected chi connectivity index (χ1v) is 6.62. The van der Waals surface area contributed by atoms with E-state index in [1.54, 1.807) is 10.6 Å². The second-order valence-electron chi connectivity index (χ2n) is 4.47. The van der Waals surface area contributed by atoms with Gasteiger partial charge in [0.25, 0.3) is 0 Å². The molecule has 2 aromatic heterocycles. The summed E-state index contributed by atoms with van der Waals surface area (Å²) < 4.78 is 8.04. The van der Waals surface area contributed by atoms with Crippen molar-refractivity contribution in [3.8, 4) is 0 Å². The third-order valence-electron chi connectivity index (χ3n) is 3.24. The van der Waals surface area contributed by atoms with Gasteiger partial charge in [-0.1, -0.05) is 0 Å². The summed E-state index contributed by atoms with van der Waals surface area (Å²) in [6, 6.07) is 1.78. The molecule has 4 N–H and O–H groups in total. The van der Waals surface area contributed by atoms with Gasteiger partial charge in [-0.3, -0.25) is 4.57 Å². The maximum absolute atomic E-state index is 10.1. The van der Waals surface area contributed by atoms with Gasteiger partial charge in [0.1, 0.15) is 23.9 Å². The lowest BCUT2D eigenvalue weighted by Gasteiger charge is -2.18. The van der Waals surface area contributed by atoms with E-state index in [-0.39, 0.29) is 12.7 Å². The van der Waals surface area contributed by atoms with Crippen LogP contribution in [0.5, 0.6) is 0 Å². The van der Waals surface area contributed by atoms with Gasteiger partial charge in [0.05, 0.1) is 22.7 Å². The molecular weight excluding hydrogens is 316 g/mol. The highest BCUT2D eigenvalue weighted by Crippen LogP contribution is 2.36. The molecule has 0 amide bonds. The molecule has 0 spiro atoms. The minimum Gasteiger partial charge on any atom is -0.394 e. The molecule has 1 saturated heterocycles. The molecule has 1 fully saturated rings. The highest BCUT2D eigenvalue weighted by Gasteiger charge is 2.36. The van der Waals surface area contributed by atoms with Crippen molar-refractivity contribution in [2.24, 2.45) is 0 Å². The summed E-state index contributed by atoms with van der Waals surface area (Å²) in [5.41, 5.74) is 6.38. The van der Waals surface area contributed by atoms with E-state index in [0.29, 0.717) is 27.9 Å². The van der Waals surface area contributed by atoms with Crippen molar-refractivity contribution in [1.29, 1.82) is 0 Å². The smallest absolute Gasteiger partial charge is 0.162 e. The lowest BCUT2D eigenvalue weighted by Crippen LogP contribution is -2.20. The fourth-order valence-electron chi connectivity index (χ4n) is 2.34. The first kappa shape index (κ1) is 12.8. The zero-order chi connectivity index (χ0) is 13.6. The summed E-state index contributed by atoms with van der Waals surface area (Å²) in [5.74, 6) is 0.371. The molecule has 0 saturated carbocycles. The molecule has 19 heavy (non-hydrogen) atoms. The molecule has 0 radical (unpaired) electrons. The lowest BCUT2D eigenvalue weighted by atomic mass is 10.2. The normalized spacial score (nSPS) is 27.2. The molecule has 8 heteroatoms. The van der Waals surface area contributed by atoms with Crippen LogP contribution in [0.15, 0.2) is 17.0 Å². The van der Waals surface area contributed by atoms with Gasteiger partial charge in [-0.2, -0.15) is 0 Å². The monoisotopic (exact) mass is 328 g/mol. The van der Waals surface area contributed by atoms with Crippen LogP contribution in [0.2, 0.25) is 0 Å². The van der Waals surface area contributed by atoms with Crippen LogP contribution in [-0.4, -0.2) is 43.6 Å². The number of fused-ring (bicyclic) bond motifs is 1. The second-order valence-corrected chi connectivity index (χ2v) is 5.28. The fourth-order valence-corrected chi connectivity index (χ4v) is 2.94. The fraction of sp³-hybridized carbons (Fsp3) is 0.455. The van der Waals surface area contributed by atoms with E-state index < -0.39 is 12.3 Å². The lowest BCUT2D eigenvalue weighted by molar-refractivity contribution is -0.0494.